The lowest BCUT2D eigenvalue weighted by Gasteiger charge is -2.08. The van der Waals surface area contributed by atoms with E-state index >= 15 is 0 Å². The molecular formula is C13H19NO3. The summed E-state index contributed by atoms with van der Waals surface area (Å²) in [4.78, 5) is 11.3. The van der Waals surface area contributed by atoms with Crippen LogP contribution in [-0.2, 0) is 11.2 Å². The van der Waals surface area contributed by atoms with Crippen molar-refractivity contribution in [2.45, 2.75) is 25.4 Å². The first kappa shape index (κ1) is 13.7. The molecule has 1 rings (SSSR count). The summed E-state index contributed by atoms with van der Waals surface area (Å²) in [7, 11) is 0. The molecule has 0 saturated carbocycles. The zero-order chi connectivity index (χ0) is 12.5. The van der Waals surface area contributed by atoms with Gasteiger partial charge in [-0.05, 0) is 18.4 Å². The molecule has 3 N–H and O–H groups in total. The van der Waals surface area contributed by atoms with Crippen LogP contribution in [0.15, 0.2) is 30.3 Å². The lowest BCUT2D eigenvalue weighted by molar-refractivity contribution is -0.121. The van der Waals surface area contributed by atoms with E-state index in [9.17, 15) is 4.79 Å². The standard InChI is InChI=1S/C13H19NO3/c15-10-12(16)9-14-13(17)8-4-7-11-5-2-1-3-6-11/h1-3,5-6,12,15-16H,4,7-10H2,(H,14,17). The molecule has 0 spiro atoms. The van der Waals surface area contributed by atoms with Gasteiger partial charge in [-0.25, -0.2) is 0 Å². The Morgan fingerprint density at radius 1 is 1.29 bits per heavy atom. The van der Waals surface area contributed by atoms with Crippen molar-refractivity contribution in [3.63, 3.8) is 0 Å². The maximum Gasteiger partial charge on any atom is 0.220 e. The second-order valence-corrected chi connectivity index (χ2v) is 3.98. The minimum Gasteiger partial charge on any atom is -0.394 e. The highest BCUT2D eigenvalue weighted by Crippen LogP contribution is 2.04. The van der Waals surface area contributed by atoms with Crippen molar-refractivity contribution in [3.05, 3.63) is 35.9 Å². The van der Waals surface area contributed by atoms with Crippen molar-refractivity contribution in [2.75, 3.05) is 13.2 Å². The van der Waals surface area contributed by atoms with E-state index in [1.54, 1.807) is 0 Å². The third-order valence-electron chi connectivity index (χ3n) is 2.46. The second-order valence-electron chi connectivity index (χ2n) is 3.98. The van der Waals surface area contributed by atoms with E-state index in [2.05, 4.69) is 5.32 Å². The number of carbonyl (C=O) groups excluding carboxylic acids is 1. The van der Waals surface area contributed by atoms with Crippen molar-refractivity contribution >= 4 is 5.91 Å². The molecule has 17 heavy (non-hydrogen) atoms. The summed E-state index contributed by atoms with van der Waals surface area (Å²) in [6.07, 6.45) is 1.22. The molecule has 0 aliphatic carbocycles. The predicted octanol–water partition coefficient (Wildman–Crippen LogP) is 0.479. The van der Waals surface area contributed by atoms with Gasteiger partial charge in [0.05, 0.1) is 12.7 Å². The van der Waals surface area contributed by atoms with E-state index in [0.717, 1.165) is 12.8 Å². The maximum atomic E-state index is 11.3. The maximum absolute atomic E-state index is 11.3. The van der Waals surface area contributed by atoms with Gasteiger partial charge >= 0.3 is 0 Å². The molecule has 1 aromatic carbocycles. The fourth-order valence-electron chi connectivity index (χ4n) is 1.48. The molecule has 0 aliphatic heterocycles. The smallest absolute Gasteiger partial charge is 0.220 e. The lowest BCUT2D eigenvalue weighted by atomic mass is 10.1. The third-order valence-corrected chi connectivity index (χ3v) is 2.46. The molecule has 0 bridgehead atoms. The van der Waals surface area contributed by atoms with Gasteiger partial charge in [0.25, 0.3) is 0 Å². The second kappa shape index (κ2) is 7.81. The molecule has 94 valence electrons. The van der Waals surface area contributed by atoms with Crippen LogP contribution in [0, 0.1) is 0 Å². The predicted molar refractivity (Wildman–Crippen MR) is 65.5 cm³/mol. The summed E-state index contributed by atoms with van der Waals surface area (Å²) in [5, 5.41) is 20.2. The number of hydrogen-bond donors (Lipinski definition) is 3. The van der Waals surface area contributed by atoms with Crippen LogP contribution in [0.25, 0.3) is 0 Å². The summed E-state index contributed by atoms with van der Waals surface area (Å²) in [5.41, 5.74) is 1.22. The van der Waals surface area contributed by atoms with Crippen LogP contribution in [0.5, 0.6) is 0 Å². The van der Waals surface area contributed by atoms with Gasteiger partial charge in [0.15, 0.2) is 0 Å². The minimum absolute atomic E-state index is 0.0894. The summed E-state index contributed by atoms with van der Waals surface area (Å²) >= 11 is 0. The lowest BCUT2D eigenvalue weighted by Crippen LogP contribution is -2.33. The van der Waals surface area contributed by atoms with Crippen molar-refractivity contribution in [3.8, 4) is 0 Å². The summed E-state index contributed by atoms with van der Waals surface area (Å²) < 4.78 is 0. The first-order valence-electron chi connectivity index (χ1n) is 5.82. The Kier molecular flexibility index (Phi) is 6.29. The van der Waals surface area contributed by atoms with Crippen molar-refractivity contribution < 1.29 is 15.0 Å². The quantitative estimate of drug-likeness (QED) is 0.646. The van der Waals surface area contributed by atoms with Crippen LogP contribution < -0.4 is 5.32 Å². The highest BCUT2D eigenvalue weighted by molar-refractivity contribution is 5.75. The van der Waals surface area contributed by atoms with Crippen LogP contribution in [0.3, 0.4) is 0 Å². The summed E-state index contributed by atoms with van der Waals surface area (Å²) in [6.45, 7) is -0.217. The SMILES string of the molecule is O=C(CCCc1ccccc1)NCC(O)CO. The molecule has 0 fully saturated rings. The Morgan fingerprint density at radius 3 is 2.65 bits per heavy atom. The monoisotopic (exact) mass is 237 g/mol. The minimum atomic E-state index is -0.868. The average molecular weight is 237 g/mol. The average Bonchev–Trinajstić information content (AvgIpc) is 2.37. The van der Waals surface area contributed by atoms with Crippen LogP contribution in [-0.4, -0.2) is 35.4 Å². The van der Waals surface area contributed by atoms with Crippen molar-refractivity contribution in [2.24, 2.45) is 0 Å². The number of aliphatic hydroxyl groups excluding tert-OH is 2. The third kappa shape index (κ3) is 6.04. The normalized spacial score (nSPS) is 12.1. The first-order chi connectivity index (χ1) is 8.22. The Morgan fingerprint density at radius 2 is 2.00 bits per heavy atom. The fourth-order valence-corrected chi connectivity index (χ4v) is 1.48. The molecule has 1 unspecified atom stereocenters. The van der Waals surface area contributed by atoms with E-state index in [1.165, 1.54) is 5.56 Å². The number of nitrogens with one attached hydrogen (secondary N) is 1. The molecule has 0 saturated heterocycles. The highest BCUT2D eigenvalue weighted by atomic mass is 16.3. The molecule has 0 radical (unpaired) electrons. The molecule has 4 heteroatoms. The topological polar surface area (TPSA) is 69.6 Å². The zero-order valence-corrected chi connectivity index (χ0v) is 9.80. The van der Waals surface area contributed by atoms with Crippen LogP contribution >= 0.6 is 0 Å². The fraction of sp³-hybridized carbons (Fsp3) is 0.462. The Balaban J connectivity index is 2.12. The van der Waals surface area contributed by atoms with Crippen LogP contribution in [0.2, 0.25) is 0 Å². The van der Waals surface area contributed by atoms with Gasteiger partial charge in [-0.2, -0.15) is 0 Å². The number of aliphatic hydroxyl groups is 2. The molecule has 0 aromatic heterocycles. The van der Waals surface area contributed by atoms with E-state index in [1.807, 2.05) is 30.3 Å². The molecular weight excluding hydrogens is 218 g/mol. The molecule has 0 aliphatic rings. The number of rotatable bonds is 7. The van der Waals surface area contributed by atoms with E-state index in [0.29, 0.717) is 6.42 Å². The molecule has 1 aromatic rings. The van der Waals surface area contributed by atoms with E-state index in [4.69, 9.17) is 10.2 Å². The first-order valence-corrected chi connectivity index (χ1v) is 5.82. The van der Waals surface area contributed by atoms with Gasteiger partial charge in [-0.3, -0.25) is 4.79 Å². The van der Waals surface area contributed by atoms with E-state index < -0.39 is 6.10 Å². The van der Waals surface area contributed by atoms with Crippen molar-refractivity contribution in [1.29, 1.82) is 0 Å². The van der Waals surface area contributed by atoms with Crippen LogP contribution in [0.1, 0.15) is 18.4 Å². The molecule has 1 atom stereocenters. The number of carbonyl (C=O) groups is 1. The van der Waals surface area contributed by atoms with Gasteiger partial charge < -0.3 is 15.5 Å². The number of aryl methyl sites for hydroxylation is 1. The zero-order valence-electron chi connectivity index (χ0n) is 9.80. The number of amides is 1. The van der Waals surface area contributed by atoms with Gasteiger partial charge in [-0.1, -0.05) is 30.3 Å². The molecule has 4 nitrogen and oxygen atoms in total. The van der Waals surface area contributed by atoms with E-state index in [-0.39, 0.29) is 19.1 Å². The summed E-state index contributed by atoms with van der Waals surface area (Å²) in [6, 6.07) is 9.99. The molecule has 0 heterocycles. The number of benzene rings is 1. The number of hydrogen-bond acceptors (Lipinski definition) is 3. The Hall–Kier alpha value is -1.39. The van der Waals surface area contributed by atoms with Gasteiger partial charge in [0, 0.05) is 13.0 Å². The van der Waals surface area contributed by atoms with Crippen LogP contribution in [0.4, 0.5) is 0 Å². The Labute approximate surface area is 101 Å². The van der Waals surface area contributed by atoms with Gasteiger partial charge in [0.2, 0.25) is 5.91 Å². The highest BCUT2D eigenvalue weighted by Gasteiger charge is 2.05. The summed E-state index contributed by atoms with van der Waals surface area (Å²) in [5.74, 6) is -0.0894. The molecule has 1 amide bonds. The van der Waals surface area contributed by atoms with Gasteiger partial charge in [-0.15, -0.1) is 0 Å². The van der Waals surface area contributed by atoms with Crippen molar-refractivity contribution in [1.82, 2.24) is 5.32 Å². The Bertz CT molecular complexity index is 327. The van der Waals surface area contributed by atoms with Gasteiger partial charge in [0.1, 0.15) is 0 Å². The largest absolute Gasteiger partial charge is 0.394 e.